The van der Waals surface area contributed by atoms with Crippen LogP contribution in [-0.4, -0.2) is 5.49 Å². The predicted molar refractivity (Wildman–Crippen MR) is 192 cm³/mol. The summed E-state index contributed by atoms with van der Waals surface area (Å²) in [6, 6.07) is 52.5. The molecule has 212 valence electrons. The van der Waals surface area contributed by atoms with Gasteiger partial charge in [-0.15, -0.1) is 69.1 Å². The maximum absolute atomic E-state index is 2.33. The third kappa shape index (κ3) is 6.48. The minimum Gasteiger partial charge on any atom is -0.165 e. The van der Waals surface area contributed by atoms with Crippen molar-refractivity contribution in [3.05, 3.63) is 157 Å². The van der Waals surface area contributed by atoms with E-state index in [-0.39, 0.29) is 5.49 Å². The molecule has 0 fully saturated rings. The maximum Gasteiger partial charge on any atom is -0.0114 e. The van der Waals surface area contributed by atoms with Crippen LogP contribution in [0.25, 0.3) is 65.3 Å². The minimum absolute atomic E-state index is 0.259. The van der Waals surface area contributed by atoms with E-state index in [4.69, 9.17) is 0 Å². The predicted octanol–water partition coefficient (Wildman–Crippen LogP) is 12.2. The first kappa shape index (κ1) is 30.2. The molecule has 0 aromatic heterocycles. The van der Waals surface area contributed by atoms with Gasteiger partial charge in [0.1, 0.15) is 0 Å². The molecule has 44 heavy (non-hydrogen) atoms. The standard InChI is InChI=1S/2C20H15.C2H6Si.Hf/c2*1-14-12-16-8-5-11-19(20(16)13-14)18-10-4-7-15-6-2-3-9-17(15)18;1-3-2;/h2*2-13H,1H3;1-2H3;/q2*-1;;+2. The summed E-state index contributed by atoms with van der Waals surface area (Å²) < 4.78 is 0. The van der Waals surface area contributed by atoms with E-state index in [0.29, 0.717) is 0 Å². The summed E-state index contributed by atoms with van der Waals surface area (Å²) in [5.74, 6) is 0. The van der Waals surface area contributed by atoms with E-state index in [2.05, 4.69) is 173 Å². The summed E-state index contributed by atoms with van der Waals surface area (Å²) in [4.78, 5) is 0. The summed E-state index contributed by atoms with van der Waals surface area (Å²) in [7, 11) is 0. The van der Waals surface area contributed by atoms with Crippen molar-refractivity contribution in [3.63, 3.8) is 0 Å². The Morgan fingerprint density at radius 3 is 1.16 bits per heavy atom. The zero-order valence-electron chi connectivity index (χ0n) is 25.9. The molecule has 0 N–H and O–H groups in total. The van der Waals surface area contributed by atoms with Crippen LogP contribution < -0.4 is 0 Å². The SMILES string of the molecule is C[Si](C)=[Hf+2].Cc1cc2c(-c3cccc4ccccc34)cccc2[cH-]1.Cc1cc2c(-c3cccc4ccccc34)cccc2[cH-]1. The molecule has 8 rings (SSSR count). The van der Waals surface area contributed by atoms with Crippen LogP contribution >= 0.6 is 0 Å². The molecule has 0 saturated heterocycles. The number of benzene rings is 6. The Morgan fingerprint density at radius 2 is 0.750 bits per heavy atom. The summed E-state index contributed by atoms with van der Waals surface area (Å²) in [6.45, 7) is 8.98. The molecule has 0 aliphatic heterocycles. The molecule has 0 aliphatic rings. The van der Waals surface area contributed by atoms with Crippen LogP contribution in [0.15, 0.2) is 146 Å². The fourth-order valence-electron chi connectivity index (χ4n) is 6.16. The second-order valence-corrected chi connectivity index (χ2v) is 24.5. The molecule has 0 heterocycles. The van der Waals surface area contributed by atoms with Gasteiger partial charge in [0.25, 0.3) is 0 Å². The molecule has 0 saturated carbocycles. The molecule has 0 spiro atoms. The van der Waals surface area contributed by atoms with Crippen molar-refractivity contribution in [1.82, 2.24) is 0 Å². The fraction of sp³-hybridized carbons (Fsp3) is 0.0952. The van der Waals surface area contributed by atoms with Gasteiger partial charge in [-0.2, -0.15) is 12.1 Å². The molecule has 0 unspecified atom stereocenters. The Balaban J connectivity index is 0.000000139. The van der Waals surface area contributed by atoms with Crippen molar-refractivity contribution in [1.29, 1.82) is 0 Å². The van der Waals surface area contributed by atoms with Crippen LogP contribution in [0.1, 0.15) is 11.1 Å². The average molecular weight is 747 g/mol. The number of fused-ring (bicyclic) bond motifs is 4. The molecule has 0 aliphatic carbocycles. The molecule has 8 aromatic carbocycles. The van der Waals surface area contributed by atoms with Crippen LogP contribution in [0, 0.1) is 13.8 Å². The van der Waals surface area contributed by atoms with Gasteiger partial charge in [0.2, 0.25) is 0 Å². The molecule has 0 nitrogen and oxygen atoms in total. The van der Waals surface area contributed by atoms with Crippen molar-refractivity contribution >= 4 is 48.6 Å². The Labute approximate surface area is 275 Å². The van der Waals surface area contributed by atoms with Crippen molar-refractivity contribution in [3.8, 4) is 22.3 Å². The van der Waals surface area contributed by atoms with Gasteiger partial charge in [0.05, 0.1) is 0 Å². The van der Waals surface area contributed by atoms with Gasteiger partial charge in [-0.1, -0.05) is 122 Å². The monoisotopic (exact) mass is 748 g/mol. The molecule has 0 bridgehead atoms. The molecule has 0 radical (unpaired) electrons. The van der Waals surface area contributed by atoms with E-state index in [1.807, 2.05) is 0 Å². The van der Waals surface area contributed by atoms with Crippen molar-refractivity contribution in [2.75, 3.05) is 0 Å². The molecule has 8 aromatic rings. The third-order valence-electron chi connectivity index (χ3n) is 7.95. The van der Waals surface area contributed by atoms with E-state index in [1.54, 1.807) is 0 Å². The summed E-state index contributed by atoms with van der Waals surface area (Å²) >= 11 is 1.45. The fourth-order valence-corrected chi connectivity index (χ4v) is 6.16. The zero-order chi connectivity index (χ0) is 30.6. The van der Waals surface area contributed by atoms with Crippen LogP contribution in [0.3, 0.4) is 0 Å². The molecule has 2 heteroatoms. The van der Waals surface area contributed by atoms with Crippen LogP contribution in [0.5, 0.6) is 0 Å². The normalized spacial score (nSPS) is 10.9. The van der Waals surface area contributed by atoms with Crippen molar-refractivity contribution in [2.24, 2.45) is 0 Å². The summed E-state index contributed by atoms with van der Waals surface area (Å²) in [5, 5.41) is 10.6. The van der Waals surface area contributed by atoms with Crippen LogP contribution in [-0.2, 0) is 23.0 Å². The Bertz CT molecular complexity index is 2070. The maximum atomic E-state index is 2.33. The minimum atomic E-state index is 0.259. The van der Waals surface area contributed by atoms with Gasteiger partial charge in [0.15, 0.2) is 0 Å². The first-order valence-corrected chi connectivity index (χ1v) is 23.1. The second-order valence-electron chi connectivity index (χ2n) is 11.7. The van der Waals surface area contributed by atoms with Gasteiger partial charge in [0, 0.05) is 0 Å². The van der Waals surface area contributed by atoms with E-state index in [0.717, 1.165) is 0 Å². The number of hydrogen-bond acceptors (Lipinski definition) is 0. The smallest absolute Gasteiger partial charge is 0.0114 e. The topological polar surface area (TPSA) is 0 Å². The Hall–Kier alpha value is -3.85. The summed E-state index contributed by atoms with van der Waals surface area (Å²) in [6.07, 6.45) is 0. The van der Waals surface area contributed by atoms with Gasteiger partial charge in [-0.05, 0) is 32.7 Å². The largest absolute Gasteiger partial charge is 0.165 e. The zero-order valence-corrected chi connectivity index (χ0v) is 30.4. The Kier molecular flexibility index (Phi) is 9.21. The van der Waals surface area contributed by atoms with Gasteiger partial charge >= 0.3 is 41.6 Å². The van der Waals surface area contributed by atoms with E-state index in [9.17, 15) is 0 Å². The van der Waals surface area contributed by atoms with Gasteiger partial charge < -0.3 is 0 Å². The van der Waals surface area contributed by atoms with Gasteiger partial charge in [-0.3, -0.25) is 0 Å². The number of rotatable bonds is 2. The molecule has 0 amide bonds. The first-order chi connectivity index (χ1) is 21.4. The first-order valence-electron chi connectivity index (χ1n) is 15.2. The van der Waals surface area contributed by atoms with Crippen molar-refractivity contribution < 1.29 is 23.0 Å². The van der Waals surface area contributed by atoms with Crippen LogP contribution in [0.2, 0.25) is 13.1 Å². The molecule has 0 atom stereocenters. The van der Waals surface area contributed by atoms with Gasteiger partial charge in [-0.25, -0.2) is 0 Å². The summed E-state index contributed by atoms with van der Waals surface area (Å²) in [5.41, 5.74) is 8.20. The van der Waals surface area contributed by atoms with Crippen molar-refractivity contribution in [2.45, 2.75) is 26.9 Å². The van der Waals surface area contributed by atoms with E-state index in [1.165, 1.54) is 99.5 Å². The van der Waals surface area contributed by atoms with E-state index < -0.39 is 0 Å². The second kappa shape index (κ2) is 13.4. The van der Waals surface area contributed by atoms with E-state index >= 15 is 0 Å². The Morgan fingerprint density at radius 1 is 0.432 bits per heavy atom. The quantitative estimate of drug-likeness (QED) is 0.122. The molecular formula is C42H36HfSi. The third-order valence-corrected chi connectivity index (χ3v) is 7.95. The number of hydrogen-bond donors (Lipinski definition) is 0. The van der Waals surface area contributed by atoms with Crippen LogP contribution in [0.4, 0.5) is 0 Å². The number of aryl methyl sites for hydroxylation is 2. The average Bonchev–Trinajstić information content (AvgIpc) is 3.61. The molecular weight excluding hydrogens is 711 g/mol.